The van der Waals surface area contributed by atoms with Gasteiger partial charge in [-0.1, -0.05) is 0 Å². The lowest BCUT2D eigenvalue weighted by Crippen LogP contribution is -2.47. The monoisotopic (exact) mass is 544 g/mol. The summed E-state index contributed by atoms with van der Waals surface area (Å²) in [5.74, 6) is 1.43. The van der Waals surface area contributed by atoms with Gasteiger partial charge in [0.2, 0.25) is 10.0 Å². The van der Waals surface area contributed by atoms with E-state index in [-0.39, 0.29) is 17.9 Å². The van der Waals surface area contributed by atoms with Gasteiger partial charge in [0.1, 0.15) is 0 Å². The number of morpholine rings is 1. The van der Waals surface area contributed by atoms with Crippen molar-refractivity contribution < 1.29 is 18.1 Å². The molecule has 0 spiro atoms. The maximum Gasteiger partial charge on any atom is 0.269 e. The van der Waals surface area contributed by atoms with Crippen molar-refractivity contribution in [2.24, 2.45) is 0 Å². The molecule has 0 saturated carbocycles. The highest BCUT2D eigenvalue weighted by atomic mass is 32.2. The van der Waals surface area contributed by atoms with E-state index in [0.717, 1.165) is 59.0 Å². The molecule has 2 atom stereocenters. The van der Waals surface area contributed by atoms with E-state index in [1.807, 2.05) is 0 Å². The molecule has 3 aliphatic rings. The third kappa shape index (κ3) is 5.06. The maximum absolute atomic E-state index is 11.9. The van der Waals surface area contributed by atoms with Crippen LogP contribution >= 0.6 is 11.3 Å². The predicted octanol–water partition coefficient (Wildman–Crippen LogP) is 2.71. The first-order chi connectivity index (χ1) is 17.7. The SMILES string of the molecule is CS(=O)(=O)N1CCN(Cc2cc3nc(-c4ccc([N+](=O)[O-])cc4)nc(N4CC5CCC(C4)O5)c3s2)CC1. The Hall–Kier alpha value is -2.71. The van der Waals surface area contributed by atoms with Crippen molar-refractivity contribution >= 4 is 43.1 Å². The number of benzene rings is 1. The van der Waals surface area contributed by atoms with Crippen molar-refractivity contribution in [2.45, 2.75) is 31.6 Å². The second kappa shape index (κ2) is 9.55. The fourth-order valence-corrected chi connectivity index (χ4v) is 7.33. The Morgan fingerprint density at radius 1 is 1.08 bits per heavy atom. The summed E-state index contributed by atoms with van der Waals surface area (Å²) in [5, 5.41) is 11.1. The van der Waals surface area contributed by atoms with E-state index < -0.39 is 14.9 Å². The lowest BCUT2D eigenvalue weighted by Gasteiger charge is -2.33. The number of nitro groups is 1. The number of aromatic nitrogens is 2. The Labute approximate surface area is 218 Å². The van der Waals surface area contributed by atoms with Crippen LogP contribution in [0.1, 0.15) is 17.7 Å². The summed E-state index contributed by atoms with van der Waals surface area (Å²) in [6, 6.07) is 8.44. The van der Waals surface area contributed by atoms with Crippen LogP contribution in [0, 0.1) is 10.1 Å². The third-order valence-corrected chi connectivity index (χ3v) is 9.67. The van der Waals surface area contributed by atoms with Gasteiger partial charge in [0.05, 0.1) is 33.6 Å². The van der Waals surface area contributed by atoms with Gasteiger partial charge >= 0.3 is 0 Å². The number of hydrogen-bond acceptors (Lipinski definition) is 10. The van der Waals surface area contributed by atoms with Crippen LogP contribution in [0.25, 0.3) is 21.6 Å². The number of hydrogen-bond donors (Lipinski definition) is 0. The molecule has 2 aromatic heterocycles. The Bertz CT molecular complexity index is 1420. The summed E-state index contributed by atoms with van der Waals surface area (Å²) < 4.78 is 32.3. The predicted molar refractivity (Wildman–Crippen MR) is 141 cm³/mol. The van der Waals surface area contributed by atoms with Gasteiger partial charge in [0.25, 0.3) is 5.69 Å². The molecule has 3 fully saturated rings. The Balaban J connectivity index is 1.32. The van der Waals surface area contributed by atoms with E-state index in [1.165, 1.54) is 22.7 Å². The van der Waals surface area contributed by atoms with Crippen LogP contribution in [0.5, 0.6) is 0 Å². The van der Waals surface area contributed by atoms with Crippen molar-refractivity contribution in [2.75, 3.05) is 50.4 Å². The number of thiophene rings is 1. The molecule has 2 unspecified atom stereocenters. The minimum Gasteiger partial charge on any atom is -0.371 e. The number of rotatable bonds is 6. The van der Waals surface area contributed by atoms with Gasteiger partial charge in [-0.15, -0.1) is 11.3 Å². The molecule has 3 aliphatic heterocycles. The molecule has 0 N–H and O–H groups in total. The molecular formula is C24H28N6O5S2. The van der Waals surface area contributed by atoms with E-state index in [0.29, 0.717) is 32.0 Å². The van der Waals surface area contributed by atoms with Gasteiger partial charge in [-0.3, -0.25) is 15.0 Å². The summed E-state index contributed by atoms with van der Waals surface area (Å²) in [6.45, 7) is 4.64. The average Bonchev–Trinajstić information content (AvgIpc) is 3.44. The fraction of sp³-hybridized carbons (Fsp3) is 0.500. The molecule has 6 rings (SSSR count). The van der Waals surface area contributed by atoms with Crippen LogP contribution in [0.2, 0.25) is 0 Å². The van der Waals surface area contributed by atoms with Crippen LogP contribution in [0.3, 0.4) is 0 Å². The topological polar surface area (TPSA) is 122 Å². The molecule has 0 radical (unpaired) electrons. The van der Waals surface area contributed by atoms with E-state index in [9.17, 15) is 18.5 Å². The number of sulfonamides is 1. The number of fused-ring (bicyclic) bond motifs is 3. The maximum atomic E-state index is 11.9. The highest BCUT2D eigenvalue weighted by molar-refractivity contribution is 7.88. The molecule has 0 amide bonds. The van der Waals surface area contributed by atoms with Crippen LogP contribution < -0.4 is 4.90 Å². The molecule has 11 nitrogen and oxygen atoms in total. The Morgan fingerprint density at radius 3 is 2.38 bits per heavy atom. The lowest BCUT2D eigenvalue weighted by atomic mass is 10.2. The van der Waals surface area contributed by atoms with Crippen molar-refractivity contribution in [3.05, 3.63) is 45.3 Å². The molecule has 3 saturated heterocycles. The normalized spacial score (nSPS) is 23.1. The third-order valence-electron chi connectivity index (χ3n) is 7.26. The fourth-order valence-electron chi connectivity index (χ4n) is 5.35. The van der Waals surface area contributed by atoms with Gasteiger partial charge in [0.15, 0.2) is 11.6 Å². The summed E-state index contributed by atoms with van der Waals surface area (Å²) >= 11 is 1.68. The summed E-state index contributed by atoms with van der Waals surface area (Å²) in [6.07, 6.45) is 3.78. The van der Waals surface area contributed by atoms with Gasteiger partial charge in [-0.2, -0.15) is 4.31 Å². The van der Waals surface area contributed by atoms with Crippen molar-refractivity contribution in [3.8, 4) is 11.4 Å². The zero-order valence-corrected chi connectivity index (χ0v) is 22.1. The highest BCUT2D eigenvalue weighted by Crippen LogP contribution is 2.38. The number of anilines is 1. The van der Waals surface area contributed by atoms with Gasteiger partial charge in [0, 0.05) is 68.4 Å². The van der Waals surface area contributed by atoms with Gasteiger partial charge in [-0.05, 0) is 31.0 Å². The van der Waals surface area contributed by atoms with Crippen molar-refractivity contribution in [1.82, 2.24) is 19.2 Å². The molecular weight excluding hydrogens is 516 g/mol. The van der Waals surface area contributed by atoms with Crippen LogP contribution in [-0.2, 0) is 21.3 Å². The number of non-ortho nitro benzene ring substituents is 1. The molecule has 37 heavy (non-hydrogen) atoms. The second-order valence-corrected chi connectivity index (χ2v) is 13.0. The first kappa shape index (κ1) is 24.6. The summed E-state index contributed by atoms with van der Waals surface area (Å²) in [5.41, 5.74) is 1.62. The number of ether oxygens (including phenoxy) is 1. The Kier molecular flexibility index (Phi) is 6.35. The minimum atomic E-state index is -3.17. The van der Waals surface area contributed by atoms with Crippen molar-refractivity contribution in [1.29, 1.82) is 0 Å². The van der Waals surface area contributed by atoms with Crippen LogP contribution in [0.4, 0.5) is 11.5 Å². The minimum absolute atomic E-state index is 0.0311. The average molecular weight is 545 g/mol. The van der Waals surface area contributed by atoms with Gasteiger partial charge in [-0.25, -0.2) is 18.4 Å². The largest absolute Gasteiger partial charge is 0.371 e. The number of nitro benzene ring substituents is 1. The first-order valence-corrected chi connectivity index (χ1v) is 15.0. The Morgan fingerprint density at radius 2 is 1.76 bits per heavy atom. The summed E-state index contributed by atoms with van der Waals surface area (Å²) in [4.78, 5) is 26.2. The van der Waals surface area contributed by atoms with E-state index >= 15 is 0 Å². The smallest absolute Gasteiger partial charge is 0.269 e. The molecule has 2 bridgehead atoms. The van der Waals surface area contributed by atoms with E-state index in [2.05, 4.69) is 15.9 Å². The molecule has 196 valence electrons. The zero-order chi connectivity index (χ0) is 25.7. The van der Waals surface area contributed by atoms with Crippen LogP contribution in [0.15, 0.2) is 30.3 Å². The summed E-state index contributed by atoms with van der Waals surface area (Å²) in [7, 11) is -3.17. The first-order valence-electron chi connectivity index (χ1n) is 12.4. The molecule has 0 aliphatic carbocycles. The lowest BCUT2D eigenvalue weighted by molar-refractivity contribution is -0.384. The number of nitrogens with zero attached hydrogens (tertiary/aromatic N) is 6. The highest BCUT2D eigenvalue weighted by Gasteiger charge is 2.35. The zero-order valence-electron chi connectivity index (χ0n) is 20.4. The van der Waals surface area contributed by atoms with E-state index in [1.54, 1.807) is 23.5 Å². The second-order valence-electron chi connectivity index (χ2n) is 9.90. The van der Waals surface area contributed by atoms with Gasteiger partial charge < -0.3 is 9.64 Å². The molecule has 5 heterocycles. The molecule has 1 aromatic carbocycles. The van der Waals surface area contributed by atoms with Crippen LogP contribution in [-0.4, -0.2) is 90.2 Å². The number of piperazine rings is 1. The van der Waals surface area contributed by atoms with Crippen molar-refractivity contribution in [3.63, 3.8) is 0 Å². The van der Waals surface area contributed by atoms with E-state index in [4.69, 9.17) is 14.7 Å². The molecule has 3 aromatic rings. The standard InChI is InChI=1S/C24H28N6O5S2/c1-37(33,34)29-10-8-27(9-11-29)15-20-12-21-22(36-20)24(28-13-18-6-7-19(14-28)35-18)26-23(25-21)16-2-4-17(5-3-16)30(31)32/h2-5,12,18-19H,6-11,13-15H2,1H3. The molecule has 13 heteroatoms. The quantitative estimate of drug-likeness (QED) is 0.340.